The van der Waals surface area contributed by atoms with Crippen molar-refractivity contribution < 1.29 is 13.2 Å². The minimum Gasteiger partial charge on any atom is -0.368 e. The fraction of sp³-hybridized carbons (Fsp3) is 0.269. The van der Waals surface area contributed by atoms with Crippen molar-refractivity contribution in [1.82, 2.24) is 9.88 Å². The lowest BCUT2D eigenvalue weighted by atomic mass is 9.98. The lowest BCUT2D eigenvalue weighted by molar-refractivity contribution is -0.115. The van der Waals surface area contributed by atoms with Crippen LogP contribution in [0.25, 0.3) is 0 Å². The van der Waals surface area contributed by atoms with Gasteiger partial charge < -0.3 is 15.1 Å². The number of halogens is 1. The standard InChI is InChI=1S/C26H28ClN5O3S/c1-18-8-9-25(28-15-18)32-11-10-22-20(16-32)12-21(14-24(22)36(34,35)29-17-31(2)3)30-26(33)13-19-6-4-5-7-23(19)27/h4-9,12,14-15,17H,10-11,13,16H2,1-3H3,(H,30,33). The first-order valence-electron chi connectivity index (χ1n) is 11.5. The fourth-order valence-electron chi connectivity index (χ4n) is 4.04. The second-order valence-electron chi connectivity index (χ2n) is 8.95. The van der Waals surface area contributed by atoms with Crippen molar-refractivity contribution in [3.05, 3.63) is 82.0 Å². The van der Waals surface area contributed by atoms with E-state index in [4.69, 9.17) is 11.6 Å². The molecule has 0 spiro atoms. The van der Waals surface area contributed by atoms with Crippen LogP contribution in [0.5, 0.6) is 0 Å². The van der Waals surface area contributed by atoms with E-state index < -0.39 is 10.0 Å². The molecule has 36 heavy (non-hydrogen) atoms. The number of aromatic nitrogens is 1. The predicted molar refractivity (Wildman–Crippen MR) is 143 cm³/mol. The van der Waals surface area contributed by atoms with Crippen LogP contribution in [0.1, 0.15) is 22.3 Å². The van der Waals surface area contributed by atoms with Crippen LogP contribution >= 0.6 is 11.6 Å². The molecular formula is C26H28ClN5O3S. The summed E-state index contributed by atoms with van der Waals surface area (Å²) in [5, 5.41) is 3.35. The molecule has 0 saturated carbocycles. The zero-order valence-corrected chi connectivity index (χ0v) is 22.0. The molecule has 1 N–H and O–H groups in total. The number of carbonyl (C=O) groups excluding carboxylic acids is 1. The number of hydrogen-bond acceptors (Lipinski definition) is 5. The van der Waals surface area contributed by atoms with E-state index in [0.29, 0.717) is 41.3 Å². The van der Waals surface area contributed by atoms with Gasteiger partial charge in [-0.3, -0.25) is 4.79 Å². The van der Waals surface area contributed by atoms with Crippen molar-refractivity contribution in [2.24, 2.45) is 4.40 Å². The Bertz CT molecular complexity index is 1410. The number of fused-ring (bicyclic) bond motifs is 1. The van der Waals surface area contributed by atoms with Crippen LogP contribution < -0.4 is 10.2 Å². The number of hydrogen-bond donors (Lipinski definition) is 1. The molecule has 1 aromatic heterocycles. The monoisotopic (exact) mass is 525 g/mol. The number of rotatable bonds is 7. The van der Waals surface area contributed by atoms with Gasteiger partial charge in [0, 0.05) is 44.1 Å². The van der Waals surface area contributed by atoms with E-state index in [9.17, 15) is 13.2 Å². The van der Waals surface area contributed by atoms with E-state index in [0.717, 1.165) is 16.9 Å². The second-order valence-corrected chi connectivity index (χ2v) is 11.0. The number of benzene rings is 2. The maximum atomic E-state index is 13.2. The van der Waals surface area contributed by atoms with Gasteiger partial charge in [-0.2, -0.15) is 8.42 Å². The van der Waals surface area contributed by atoms with E-state index in [2.05, 4.69) is 19.6 Å². The summed E-state index contributed by atoms with van der Waals surface area (Å²) in [4.78, 5) is 21.1. The Morgan fingerprint density at radius 1 is 1.22 bits per heavy atom. The van der Waals surface area contributed by atoms with Gasteiger partial charge in [0.25, 0.3) is 10.0 Å². The summed E-state index contributed by atoms with van der Waals surface area (Å²) < 4.78 is 30.2. The first kappa shape index (κ1) is 25.7. The summed E-state index contributed by atoms with van der Waals surface area (Å²) in [7, 11) is -0.586. The maximum Gasteiger partial charge on any atom is 0.284 e. The lowest BCUT2D eigenvalue weighted by Crippen LogP contribution is -2.32. The molecule has 188 valence electrons. The smallest absolute Gasteiger partial charge is 0.284 e. The van der Waals surface area contributed by atoms with Crippen LogP contribution in [0, 0.1) is 6.92 Å². The van der Waals surface area contributed by atoms with Crippen LogP contribution in [0.15, 0.2) is 64.0 Å². The first-order valence-corrected chi connectivity index (χ1v) is 13.3. The summed E-state index contributed by atoms with van der Waals surface area (Å²) in [5.74, 6) is 0.519. The SMILES string of the molecule is Cc1ccc(N2CCc3c(cc(NC(=O)Cc4ccccc4Cl)cc3S(=O)(=O)N=CN(C)C)C2)nc1. The summed E-state index contributed by atoms with van der Waals surface area (Å²) in [5.41, 5.74) is 3.65. The quantitative estimate of drug-likeness (QED) is 0.369. The van der Waals surface area contributed by atoms with Crippen molar-refractivity contribution in [2.75, 3.05) is 30.9 Å². The highest BCUT2D eigenvalue weighted by Gasteiger charge is 2.27. The Kier molecular flexibility index (Phi) is 7.61. The van der Waals surface area contributed by atoms with Gasteiger partial charge in [0.1, 0.15) is 12.2 Å². The zero-order chi connectivity index (χ0) is 25.9. The van der Waals surface area contributed by atoms with Gasteiger partial charge in [0.15, 0.2) is 0 Å². The molecule has 1 aliphatic heterocycles. The summed E-state index contributed by atoms with van der Waals surface area (Å²) in [6.45, 7) is 3.05. The third-order valence-corrected chi connectivity index (χ3v) is 7.46. The first-order chi connectivity index (χ1) is 17.1. The largest absolute Gasteiger partial charge is 0.368 e. The molecule has 0 aliphatic carbocycles. The van der Waals surface area contributed by atoms with Gasteiger partial charge >= 0.3 is 0 Å². The molecule has 10 heteroatoms. The van der Waals surface area contributed by atoms with E-state index in [1.54, 1.807) is 37.2 Å². The highest BCUT2D eigenvalue weighted by molar-refractivity contribution is 7.90. The van der Waals surface area contributed by atoms with Crippen LogP contribution in [0.2, 0.25) is 5.02 Å². The average molecular weight is 526 g/mol. The van der Waals surface area contributed by atoms with E-state index in [1.165, 1.54) is 12.4 Å². The Hall–Kier alpha value is -3.43. The van der Waals surface area contributed by atoms with Crippen molar-refractivity contribution in [1.29, 1.82) is 0 Å². The summed E-state index contributed by atoms with van der Waals surface area (Å²) in [6.07, 6.45) is 3.64. The van der Waals surface area contributed by atoms with Gasteiger partial charge in [-0.15, -0.1) is 4.40 Å². The van der Waals surface area contributed by atoms with Crippen molar-refractivity contribution in [2.45, 2.75) is 31.2 Å². The average Bonchev–Trinajstić information content (AvgIpc) is 2.84. The van der Waals surface area contributed by atoms with Crippen LogP contribution in [0.3, 0.4) is 0 Å². The molecule has 1 aliphatic rings. The third kappa shape index (κ3) is 6.03. The Balaban J connectivity index is 1.69. The Morgan fingerprint density at radius 3 is 2.69 bits per heavy atom. The lowest BCUT2D eigenvalue weighted by Gasteiger charge is -2.31. The molecule has 0 atom stereocenters. The number of amides is 1. The molecule has 3 aromatic rings. The van der Waals surface area contributed by atoms with Gasteiger partial charge in [-0.1, -0.05) is 35.9 Å². The molecule has 8 nitrogen and oxygen atoms in total. The highest BCUT2D eigenvalue weighted by atomic mass is 35.5. The molecule has 4 rings (SSSR count). The number of nitrogens with zero attached hydrogens (tertiary/aromatic N) is 4. The molecule has 1 amide bonds. The minimum absolute atomic E-state index is 0.0665. The molecule has 2 heterocycles. The summed E-state index contributed by atoms with van der Waals surface area (Å²) >= 11 is 6.20. The van der Waals surface area contributed by atoms with Gasteiger partial charge in [0.05, 0.1) is 11.3 Å². The molecule has 0 radical (unpaired) electrons. The van der Waals surface area contributed by atoms with E-state index in [1.807, 2.05) is 37.4 Å². The van der Waals surface area contributed by atoms with Crippen LogP contribution in [-0.2, 0) is 34.2 Å². The molecule has 2 aromatic carbocycles. The van der Waals surface area contributed by atoms with Gasteiger partial charge in [0.2, 0.25) is 5.91 Å². The normalized spacial score (nSPS) is 13.5. The minimum atomic E-state index is -3.99. The molecule has 0 bridgehead atoms. The molecule has 0 saturated heterocycles. The van der Waals surface area contributed by atoms with E-state index >= 15 is 0 Å². The van der Waals surface area contributed by atoms with Crippen molar-refractivity contribution >= 4 is 45.4 Å². The summed E-state index contributed by atoms with van der Waals surface area (Å²) in [6, 6.07) is 14.4. The predicted octanol–water partition coefficient (Wildman–Crippen LogP) is 4.07. The molecule has 0 unspecified atom stereocenters. The molecular weight excluding hydrogens is 498 g/mol. The number of nitrogens with one attached hydrogen (secondary N) is 1. The van der Waals surface area contributed by atoms with Gasteiger partial charge in [-0.05, 0) is 59.9 Å². The Labute approximate surface area is 216 Å². The van der Waals surface area contributed by atoms with Crippen LogP contribution in [-0.4, -0.2) is 51.2 Å². The van der Waals surface area contributed by atoms with Gasteiger partial charge in [-0.25, -0.2) is 4.98 Å². The fourth-order valence-corrected chi connectivity index (χ4v) is 5.49. The topological polar surface area (TPSA) is 95.0 Å². The highest BCUT2D eigenvalue weighted by Crippen LogP contribution is 2.32. The number of sulfonamides is 1. The number of pyridine rings is 1. The maximum absolute atomic E-state index is 13.2. The second kappa shape index (κ2) is 10.7. The molecule has 0 fully saturated rings. The van der Waals surface area contributed by atoms with Crippen molar-refractivity contribution in [3.63, 3.8) is 0 Å². The zero-order valence-electron chi connectivity index (χ0n) is 20.4. The number of aryl methyl sites for hydroxylation is 1. The number of anilines is 2. The van der Waals surface area contributed by atoms with Crippen molar-refractivity contribution in [3.8, 4) is 0 Å². The number of carbonyl (C=O) groups is 1. The Morgan fingerprint density at radius 2 is 2.00 bits per heavy atom. The third-order valence-electron chi connectivity index (χ3n) is 5.80. The van der Waals surface area contributed by atoms with Crippen LogP contribution in [0.4, 0.5) is 11.5 Å². The van der Waals surface area contributed by atoms with E-state index in [-0.39, 0.29) is 17.2 Å².